The lowest BCUT2D eigenvalue weighted by Gasteiger charge is -2.13. The van der Waals surface area contributed by atoms with Crippen LogP contribution in [0, 0.1) is 12.7 Å². The number of aliphatic hydroxyl groups is 2. The summed E-state index contributed by atoms with van der Waals surface area (Å²) in [6.07, 6.45) is 2.42. The molecule has 0 saturated carbocycles. The zero-order chi connectivity index (χ0) is 26.0. The van der Waals surface area contributed by atoms with E-state index in [-0.39, 0.29) is 10.5 Å². The average Bonchev–Trinajstić information content (AvgIpc) is 3.29. The molecule has 0 saturated heterocycles. The summed E-state index contributed by atoms with van der Waals surface area (Å²) in [4.78, 5) is 4.84. The van der Waals surface area contributed by atoms with E-state index < -0.39 is 29.1 Å². The monoisotopic (exact) mass is 508 g/mol. The van der Waals surface area contributed by atoms with Crippen molar-refractivity contribution in [1.29, 1.82) is 0 Å². The van der Waals surface area contributed by atoms with Gasteiger partial charge in [-0.1, -0.05) is 36.4 Å². The number of aryl methyl sites for hydroxylation is 1. The molecule has 4 aromatic rings. The quantitative estimate of drug-likeness (QED) is 0.351. The van der Waals surface area contributed by atoms with Gasteiger partial charge in [-0.3, -0.25) is 4.18 Å². The molecule has 0 radical (unpaired) electrons. The first kappa shape index (κ1) is 25.9. The van der Waals surface area contributed by atoms with E-state index in [0.717, 1.165) is 22.6 Å². The van der Waals surface area contributed by atoms with Crippen LogP contribution in [0.5, 0.6) is 0 Å². The SMILES string of the molecule is COS(=O)c1cc(-c2ccc(-n3cc(C(C)(C)O)nc3Cc3ccccc3C)cc2)cc(F)c1CO. The Kier molecular flexibility index (Phi) is 7.51. The van der Waals surface area contributed by atoms with E-state index >= 15 is 0 Å². The molecule has 0 aliphatic carbocycles. The number of benzene rings is 3. The van der Waals surface area contributed by atoms with Crippen molar-refractivity contribution in [2.45, 2.75) is 44.3 Å². The number of hydrogen-bond donors (Lipinski definition) is 2. The predicted molar refractivity (Wildman–Crippen MR) is 138 cm³/mol. The molecule has 1 atom stereocenters. The minimum absolute atomic E-state index is 0.0473. The van der Waals surface area contributed by atoms with Gasteiger partial charge in [0.25, 0.3) is 0 Å². The second-order valence-electron chi connectivity index (χ2n) is 9.12. The molecule has 1 unspecified atom stereocenters. The highest BCUT2D eigenvalue weighted by molar-refractivity contribution is 7.80. The van der Waals surface area contributed by atoms with Crippen LogP contribution in [0.4, 0.5) is 4.39 Å². The fourth-order valence-electron chi connectivity index (χ4n) is 4.02. The zero-order valence-electron chi connectivity index (χ0n) is 20.7. The molecule has 0 bridgehead atoms. The minimum atomic E-state index is -1.90. The van der Waals surface area contributed by atoms with Gasteiger partial charge in [-0.2, -0.15) is 0 Å². The van der Waals surface area contributed by atoms with Crippen LogP contribution in [0.3, 0.4) is 0 Å². The van der Waals surface area contributed by atoms with Crippen LogP contribution in [0.2, 0.25) is 0 Å². The molecule has 8 heteroatoms. The lowest BCUT2D eigenvalue weighted by Crippen LogP contribution is -2.15. The lowest BCUT2D eigenvalue weighted by molar-refractivity contribution is 0.0741. The molecule has 2 N–H and O–H groups in total. The van der Waals surface area contributed by atoms with Gasteiger partial charge in [0, 0.05) is 23.9 Å². The Balaban J connectivity index is 1.74. The number of hydrogen-bond acceptors (Lipinski definition) is 5. The van der Waals surface area contributed by atoms with E-state index in [2.05, 4.69) is 19.1 Å². The average molecular weight is 509 g/mol. The predicted octanol–water partition coefficient (Wildman–Crippen LogP) is 4.97. The highest BCUT2D eigenvalue weighted by Crippen LogP contribution is 2.30. The fraction of sp³-hybridized carbons (Fsp3) is 0.250. The first-order chi connectivity index (χ1) is 17.1. The molecule has 0 spiro atoms. The Hall–Kier alpha value is -3.17. The normalized spacial score (nSPS) is 12.6. The Morgan fingerprint density at radius 2 is 1.78 bits per heavy atom. The maximum absolute atomic E-state index is 14.7. The molecular formula is C28H29FN2O4S. The molecule has 4 rings (SSSR count). The van der Waals surface area contributed by atoms with Gasteiger partial charge in [0.2, 0.25) is 0 Å². The van der Waals surface area contributed by atoms with Crippen LogP contribution in [-0.4, -0.2) is 31.1 Å². The summed E-state index contributed by atoms with van der Waals surface area (Å²) in [7, 11) is 1.26. The first-order valence-electron chi connectivity index (χ1n) is 11.5. The van der Waals surface area contributed by atoms with Gasteiger partial charge in [0.15, 0.2) is 11.1 Å². The van der Waals surface area contributed by atoms with Crippen molar-refractivity contribution < 1.29 is 23.0 Å². The number of aliphatic hydroxyl groups excluding tert-OH is 1. The number of nitrogens with zero attached hydrogens (tertiary/aromatic N) is 2. The van der Waals surface area contributed by atoms with E-state index in [1.165, 1.54) is 13.2 Å². The van der Waals surface area contributed by atoms with Gasteiger partial charge in [-0.05, 0) is 67.3 Å². The lowest BCUT2D eigenvalue weighted by atomic mass is 10.0. The Bertz CT molecular complexity index is 1410. The topological polar surface area (TPSA) is 84.6 Å². The summed E-state index contributed by atoms with van der Waals surface area (Å²) in [6.45, 7) is 4.88. The minimum Gasteiger partial charge on any atom is -0.392 e. The molecule has 0 amide bonds. The second-order valence-corrected chi connectivity index (χ2v) is 10.4. The molecule has 36 heavy (non-hydrogen) atoms. The van der Waals surface area contributed by atoms with Crippen molar-refractivity contribution in [3.05, 3.63) is 101 Å². The van der Waals surface area contributed by atoms with Crippen molar-refractivity contribution in [2.75, 3.05) is 7.11 Å². The molecule has 1 heterocycles. The first-order valence-corrected chi connectivity index (χ1v) is 12.6. The summed E-state index contributed by atoms with van der Waals surface area (Å²) >= 11 is -1.90. The van der Waals surface area contributed by atoms with E-state index in [9.17, 15) is 18.8 Å². The highest BCUT2D eigenvalue weighted by atomic mass is 32.2. The van der Waals surface area contributed by atoms with Crippen LogP contribution in [-0.2, 0) is 33.9 Å². The third-order valence-corrected chi connectivity index (χ3v) is 7.16. The third kappa shape index (κ3) is 5.32. The Morgan fingerprint density at radius 3 is 2.39 bits per heavy atom. The third-order valence-electron chi connectivity index (χ3n) is 6.14. The molecule has 3 aromatic carbocycles. The molecule has 0 aliphatic heterocycles. The van der Waals surface area contributed by atoms with Gasteiger partial charge < -0.3 is 14.8 Å². The van der Waals surface area contributed by atoms with Crippen LogP contribution in [0.25, 0.3) is 16.8 Å². The molecule has 0 fully saturated rings. The number of aromatic nitrogens is 2. The summed E-state index contributed by atoms with van der Waals surface area (Å²) in [6, 6.07) is 18.4. The van der Waals surface area contributed by atoms with Gasteiger partial charge in [0.1, 0.15) is 17.2 Å². The van der Waals surface area contributed by atoms with Crippen LogP contribution in [0.15, 0.2) is 71.8 Å². The van der Waals surface area contributed by atoms with Gasteiger partial charge >= 0.3 is 0 Å². The number of halogens is 1. The van der Waals surface area contributed by atoms with E-state index in [1.54, 1.807) is 19.9 Å². The molecule has 6 nitrogen and oxygen atoms in total. The van der Waals surface area contributed by atoms with Crippen LogP contribution < -0.4 is 0 Å². The summed E-state index contributed by atoms with van der Waals surface area (Å²) in [5.41, 5.74) is 3.76. The van der Waals surface area contributed by atoms with Crippen molar-refractivity contribution in [3.63, 3.8) is 0 Å². The van der Waals surface area contributed by atoms with Gasteiger partial charge in [0.05, 0.1) is 24.3 Å². The molecule has 188 valence electrons. The smallest absolute Gasteiger partial charge is 0.189 e. The summed E-state index contributed by atoms with van der Waals surface area (Å²) in [5, 5.41) is 20.1. The van der Waals surface area contributed by atoms with E-state index in [0.29, 0.717) is 23.2 Å². The van der Waals surface area contributed by atoms with Crippen LogP contribution >= 0.6 is 0 Å². The van der Waals surface area contributed by atoms with E-state index in [4.69, 9.17) is 9.17 Å². The number of rotatable bonds is 8. The largest absolute Gasteiger partial charge is 0.392 e. The molecular weight excluding hydrogens is 479 g/mol. The second kappa shape index (κ2) is 10.4. The van der Waals surface area contributed by atoms with Gasteiger partial charge in [-0.25, -0.2) is 13.6 Å². The summed E-state index contributed by atoms with van der Waals surface area (Å²) < 4.78 is 33.7. The molecule has 0 aliphatic rings. The maximum atomic E-state index is 14.7. The maximum Gasteiger partial charge on any atom is 0.189 e. The highest BCUT2D eigenvalue weighted by Gasteiger charge is 2.23. The van der Waals surface area contributed by atoms with Gasteiger partial charge in [-0.15, -0.1) is 0 Å². The van der Waals surface area contributed by atoms with E-state index in [1.807, 2.05) is 47.2 Å². The summed E-state index contributed by atoms with van der Waals surface area (Å²) in [5.74, 6) is 0.134. The van der Waals surface area contributed by atoms with Crippen molar-refractivity contribution in [1.82, 2.24) is 9.55 Å². The number of imidazole rings is 1. The van der Waals surface area contributed by atoms with Crippen molar-refractivity contribution in [2.24, 2.45) is 0 Å². The Labute approximate surface area is 212 Å². The molecule has 1 aromatic heterocycles. The zero-order valence-corrected chi connectivity index (χ0v) is 21.5. The Morgan fingerprint density at radius 1 is 1.08 bits per heavy atom. The van der Waals surface area contributed by atoms with Crippen molar-refractivity contribution >= 4 is 11.1 Å². The van der Waals surface area contributed by atoms with Crippen molar-refractivity contribution in [3.8, 4) is 16.8 Å². The fourth-order valence-corrected chi connectivity index (χ4v) is 4.79. The van der Waals surface area contributed by atoms with Crippen LogP contribution in [0.1, 0.15) is 42.1 Å². The standard InChI is InChI=1S/C28H29FN2O4S/c1-18-7-5-6-8-20(18)15-27-30-26(28(2,3)33)16-31(27)22-11-9-19(10-12-22)21-13-24(29)23(17-32)25(14-21)36(34)35-4/h5-14,16,32-33H,15,17H2,1-4H3.